The average Bonchev–Trinajstić information content (AvgIpc) is 3.20. The third kappa shape index (κ3) is 3.84. The number of aromatic nitrogens is 1. The first-order valence-electron chi connectivity index (χ1n) is 9.64. The third-order valence-electron chi connectivity index (χ3n) is 5.28. The van der Waals surface area contributed by atoms with Crippen molar-refractivity contribution in [3.8, 4) is 11.5 Å². The molecule has 1 unspecified atom stereocenters. The average molecular weight is 367 g/mol. The highest BCUT2D eigenvalue weighted by atomic mass is 16.7. The summed E-state index contributed by atoms with van der Waals surface area (Å²) < 4.78 is 10.7. The highest BCUT2D eigenvalue weighted by Crippen LogP contribution is 2.32. The smallest absolute Gasteiger partial charge is 0.272 e. The third-order valence-corrected chi connectivity index (χ3v) is 5.28. The summed E-state index contributed by atoms with van der Waals surface area (Å²) in [6, 6.07) is 9.97. The van der Waals surface area contributed by atoms with Crippen molar-refractivity contribution in [3.05, 3.63) is 47.8 Å². The molecule has 2 aliphatic rings. The highest BCUT2D eigenvalue weighted by Gasteiger charge is 2.26. The van der Waals surface area contributed by atoms with Crippen LogP contribution >= 0.6 is 0 Å². The molecule has 0 bridgehead atoms. The van der Waals surface area contributed by atoms with E-state index in [1.54, 1.807) is 6.20 Å². The summed E-state index contributed by atoms with van der Waals surface area (Å²) in [4.78, 5) is 19.2. The van der Waals surface area contributed by atoms with Crippen LogP contribution in [0.2, 0.25) is 0 Å². The first-order valence-corrected chi connectivity index (χ1v) is 9.64. The zero-order valence-electron chi connectivity index (χ0n) is 15.6. The Morgan fingerprint density at radius 2 is 2.11 bits per heavy atom. The van der Waals surface area contributed by atoms with E-state index in [0.717, 1.165) is 48.6 Å². The number of likely N-dealkylation sites (tertiary alicyclic amines) is 1. The molecule has 2 aliphatic heterocycles. The summed E-state index contributed by atoms with van der Waals surface area (Å²) in [5, 5.41) is 3.33. The molecule has 0 radical (unpaired) electrons. The Balaban J connectivity index is 1.38. The quantitative estimate of drug-likeness (QED) is 0.870. The van der Waals surface area contributed by atoms with Gasteiger partial charge in [0.05, 0.1) is 11.9 Å². The minimum absolute atomic E-state index is 0.0453. The number of hydrogen-bond donors (Lipinski definition) is 1. The van der Waals surface area contributed by atoms with Gasteiger partial charge in [-0.2, -0.15) is 0 Å². The van der Waals surface area contributed by atoms with Crippen molar-refractivity contribution in [3.63, 3.8) is 0 Å². The maximum Gasteiger partial charge on any atom is 0.272 e. The number of carbonyl (C=O) groups is 1. The maximum absolute atomic E-state index is 12.8. The highest BCUT2D eigenvalue weighted by molar-refractivity contribution is 5.92. The number of pyridine rings is 1. The van der Waals surface area contributed by atoms with E-state index in [-0.39, 0.29) is 12.7 Å². The molecule has 4 rings (SSSR count). The van der Waals surface area contributed by atoms with E-state index < -0.39 is 0 Å². The first-order chi connectivity index (χ1) is 13.2. The fourth-order valence-corrected chi connectivity index (χ4v) is 3.72. The Labute approximate surface area is 159 Å². The van der Waals surface area contributed by atoms with E-state index in [2.05, 4.69) is 17.2 Å². The lowest BCUT2D eigenvalue weighted by Gasteiger charge is -2.35. The number of amides is 1. The van der Waals surface area contributed by atoms with Gasteiger partial charge in [0, 0.05) is 19.1 Å². The van der Waals surface area contributed by atoms with Gasteiger partial charge in [0.15, 0.2) is 11.5 Å². The molecule has 142 valence electrons. The number of anilines is 1. The normalized spacial score (nSPS) is 18.4. The largest absolute Gasteiger partial charge is 0.454 e. The minimum atomic E-state index is 0.0453. The molecule has 2 aromatic rings. The van der Waals surface area contributed by atoms with E-state index in [9.17, 15) is 4.79 Å². The molecule has 1 aromatic heterocycles. The van der Waals surface area contributed by atoms with E-state index in [4.69, 9.17) is 9.47 Å². The van der Waals surface area contributed by atoms with Crippen LogP contribution in [-0.2, 0) is 6.54 Å². The first kappa shape index (κ1) is 17.6. The van der Waals surface area contributed by atoms with Crippen LogP contribution in [0.15, 0.2) is 36.5 Å². The summed E-state index contributed by atoms with van der Waals surface area (Å²) in [7, 11) is 0. The second-order valence-electron chi connectivity index (χ2n) is 7.03. The van der Waals surface area contributed by atoms with Gasteiger partial charge in [-0.1, -0.05) is 13.0 Å². The van der Waals surface area contributed by atoms with Crippen LogP contribution in [0.1, 0.15) is 48.7 Å². The summed E-state index contributed by atoms with van der Waals surface area (Å²) in [5.74, 6) is 1.61. The lowest BCUT2D eigenvalue weighted by molar-refractivity contribution is 0.0602. The number of fused-ring (bicyclic) bond motifs is 1. The molecule has 6 heteroatoms. The molecular formula is C21H25N3O3. The summed E-state index contributed by atoms with van der Waals surface area (Å²) in [5.41, 5.74) is 2.50. The molecule has 1 fully saturated rings. The van der Waals surface area contributed by atoms with Crippen LogP contribution in [0, 0.1) is 0 Å². The van der Waals surface area contributed by atoms with Crippen molar-refractivity contribution >= 4 is 11.6 Å². The topological polar surface area (TPSA) is 63.7 Å². The molecule has 1 amide bonds. The Morgan fingerprint density at radius 1 is 1.22 bits per heavy atom. The predicted octanol–water partition coefficient (Wildman–Crippen LogP) is 3.83. The van der Waals surface area contributed by atoms with Gasteiger partial charge in [-0.3, -0.25) is 4.79 Å². The Hall–Kier alpha value is -2.76. The van der Waals surface area contributed by atoms with Gasteiger partial charge in [-0.15, -0.1) is 0 Å². The molecule has 0 saturated carbocycles. The molecule has 1 atom stereocenters. The van der Waals surface area contributed by atoms with Crippen molar-refractivity contribution in [2.75, 3.05) is 18.7 Å². The van der Waals surface area contributed by atoms with E-state index >= 15 is 0 Å². The molecular weight excluding hydrogens is 342 g/mol. The van der Waals surface area contributed by atoms with Crippen LogP contribution in [0.5, 0.6) is 11.5 Å². The van der Waals surface area contributed by atoms with Crippen LogP contribution < -0.4 is 14.8 Å². The Kier molecular flexibility index (Phi) is 5.14. The van der Waals surface area contributed by atoms with Crippen molar-refractivity contribution in [2.24, 2.45) is 0 Å². The molecule has 1 N–H and O–H groups in total. The zero-order valence-corrected chi connectivity index (χ0v) is 15.6. The molecule has 1 saturated heterocycles. The van der Waals surface area contributed by atoms with Gasteiger partial charge < -0.3 is 19.7 Å². The number of hydrogen-bond acceptors (Lipinski definition) is 5. The fraction of sp³-hybridized carbons (Fsp3) is 0.429. The van der Waals surface area contributed by atoms with Crippen molar-refractivity contribution < 1.29 is 14.3 Å². The minimum Gasteiger partial charge on any atom is -0.454 e. The molecule has 0 spiro atoms. The Bertz CT molecular complexity index is 807. The van der Waals surface area contributed by atoms with E-state index in [1.165, 1.54) is 6.42 Å². The number of carbonyl (C=O) groups excluding carboxylic acids is 1. The summed E-state index contributed by atoms with van der Waals surface area (Å²) in [6.07, 6.45) is 6.11. The standard InChI is InChI=1S/C21H25N3O3/c1-2-17-5-3-4-10-24(17)21(25)18-8-7-16(13-23-18)22-12-15-6-9-19-20(11-15)27-14-26-19/h6-9,11,13,17,22H,2-5,10,12,14H2,1H3. The van der Waals surface area contributed by atoms with Gasteiger partial charge >= 0.3 is 0 Å². The fourth-order valence-electron chi connectivity index (χ4n) is 3.72. The number of nitrogens with one attached hydrogen (secondary N) is 1. The number of benzene rings is 1. The lowest BCUT2D eigenvalue weighted by Crippen LogP contribution is -2.43. The van der Waals surface area contributed by atoms with Crippen LogP contribution in [0.4, 0.5) is 5.69 Å². The molecule has 27 heavy (non-hydrogen) atoms. The second-order valence-corrected chi connectivity index (χ2v) is 7.03. The van der Waals surface area contributed by atoms with E-state index in [0.29, 0.717) is 18.3 Å². The molecule has 0 aliphatic carbocycles. The van der Waals surface area contributed by atoms with Gasteiger partial charge in [-0.05, 0) is 55.5 Å². The molecule has 3 heterocycles. The summed E-state index contributed by atoms with van der Waals surface area (Å²) in [6.45, 7) is 3.91. The molecule has 1 aromatic carbocycles. The number of ether oxygens (including phenoxy) is 2. The predicted molar refractivity (Wildman–Crippen MR) is 103 cm³/mol. The van der Waals surface area contributed by atoms with E-state index in [1.807, 2.05) is 35.2 Å². The van der Waals surface area contributed by atoms with Crippen LogP contribution in [0.3, 0.4) is 0 Å². The van der Waals surface area contributed by atoms with Gasteiger partial charge in [-0.25, -0.2) is 4.98 Å². The Morgan fingerprint density at radius 3 is 2.93 bits per heavy atom. The molecule has 6 nitrogen and oxygen atoms in total. The monoisotopic (exact) mass is 367 g/mol. The van der Waals surface area contributed by atoms with Gasteiger partial charge in [0.1, 0.15) is 5.69 Å². The maximum atomic E-state index is 12.8. The van der Waals surface area contributed by atoms with Crippen LogP contribution in [0.25, 0.3) is 0 Å². The number of nitrogens with zero attached hydrogens (tertiary/aromatic N) is 2. The van der Waals surface area contributed by atoms with Crippen LogP contribution in [-0.4, -0.2) is 35.2 Å². The van der Waals surface area contributed by atoms with Gasteiger partial charge in [0.25, 0.3) is 5.91 Å². The summed E-state index contributed by atoms with van der Waals surface area (Å²) >= 11 is 0. The lowest BCUT2D eigenvalue weighted by atomic mass is 9.99. The van der Waals surface area contributed by atoms with Crippen molar-refractivity contribution in [1.29, 1.82) is 0 Å². The zero-order chi connectivity index (χ0) is 18.6. The number of rotatable bonds is 5. The second kappa shape index (κ2) is 7.86. The SMILES string of the molecule is CCC1CCCCN1C(=O)c1ccc(NCc2ccc3c(c2)OCO3)cn1. The van der Waals surface area contributed by atoms with Crippen molar-refractivity contribution in [1.82, 2.24) is 9.88 Å². The van der Waals surface area contributed by atoms with Gasteiger partial charge in [0.2, 0.25) is 6.79 Å². The van der Waals surface area contributed by atoms with Crippen molar-refractivity contribution in [2.45, 2.75) is 45.2 Å². The number of piperidine rings is 1.